The van der Waals surface area contributed by atoms with Gasteiger partial charge in [-0.05, 0) is 31.3 Å². The van der Waals surface area contributed by atoms with Crippen molar-refractivity contribution in [2.45, 2.75) is 65.7 Å². The summed E-state index contributed by atoms with van der Waals surface area (Å²) in [5.41, 5.74) is 1.91. The molecule has 0 aromatic carbocycles. The lowest BCUT2D eigenvalue weighted by Gasteiger charge is -2.08. The maximum absolute atomic E-state index is 12.5. The highest BCUT2D eigenvalue weighted by Gasteiger charge is 2.22. The second kappa shape index (κ2) is 10.8. The van der Waals surface area contributed by atoms with Crippen molar-refractivity contribution in [2.24, 2.45) is 0 Å². The van der Waals surface area contributed by atoms with Crippen LogP contribution in [-0.2, 0) is 6.42 Å². The van der Waals surface area contributed by atoms with Gasteiger partial charge in [-0.2, -0.15) is 5.10 Å². The number of carbonyl (C=O) groups excluding carboxylic acids is 2. The van der Waals surface area contributed by atoms with Crippen molar-refractivity contribution in [3.05, 3.63) is 22.0 Å². The molecule has 2 amide bonds. The van der Waals surface area contributed by atoms with Crippen LogP contribution >= 0.6 is 11.5 Å². The Hall–Kier alpha value is -2.29. The van der Waals surface area contributed by atoms with Gasteiger partial charge in [0, 0.05) is 6.54 Å². The first-order chi connectivity index (χ1) is 13.1. The number of unbranched alkanes of at least 4 members (excludes halogenated alkanes) is 5. The Balaban J connectivity index is 1.95. The van der Waals surface area contributed by atoms with Crippen molar-refractivity contribution in [1.82, 2.24) is 25.1 Å². The molecule has 2 rings (SSSR count). The maximum atomic E-state index is 12.5. The standard InChI is InChI=1S/C18H28N6O2S/c1-4-6-7-8-9-10-11-19-17(25)15-14(13(5-2)22-23-15)20-18(26)16-12(3)21-24-27-16/h4-11H2,1-3H3,(H,19,25)(H,20,26)(H,22,23). The number of rotatable bonds is 11. The Labute approximate surface area is 163 Å². The van der Waals surface area contributed by atoms with Crippen LogP contribution < -0.4 is 10.6 Å². The Morgan fingerprint density at radius 2 is 1.81 bits per heavy atom. The molecule has 0 atom stereocenters. The third-order valence-electron chi connectivity index (χ3n) is 4.32. The first-order valence-electron chi connectivity index (χ1n) is 9.54. The molecular formula is C18H28N6O2S. The summed E-state index contributed by atoms with van der Waals surface area (Å²) in [7, 11) is 0. The largest absolute Gasteiger partial charge is 0.351 e. The van der Waals surface area contributed by atoms with Crippen LogP contribution in [0.1, 0.15) is 83.9 Å². The highest BCUT2D eigenvalue weighted by molar-refractivity contribution is 7.08. The molecule has 0 aliphatic heterocycles. The first kappa shape index (κ1) is 21.0. The molecule has 0 saturated carbocycles. The minimum atomic E-state index is -0.330. The summed E-state index contributed by atoms with van der Waals surface area (Å²) in [4.78, 5) is 25.4. The summed E-state index contributed by atoms with van der Waals surface area (Å²) in [6.45, 7) is 6.45. The molecule has 8 nitrogen and oxygen atoms in total. The van der Waals surface area contributed by atoms with Gasteiger partial charge >= 0.3 is 0 Å². The number of nitrogens with zero attached hydrogens (tertiary/aromatic N) is 3. The van der Waals surface area contributed by atoms with Crippen molar-refractivity contribution < 1.29 is 9.59 Å². The van der Waals surface area contributed by atoms with Crippen LogP contribution in [0.4, 0.5) is 5.69 Å². The molecule has 2 heterocycles. The van der Waals surface area contributed by atoms with Gasteiger partial charge in [-0.3, -0.25) is 14.7 Å². The maximum Gasteiger partial charge on any atom is 0.273 e. The number of anilines is 1. The van der Waals surface area contributed by atoms with Crippen molar-refractivity contribution in [1.29, 1.82) is 0 Å². The highest BCUT2D eigenvalue weighted by Crippen LogP contribution is 2.21. The van der Waals surface area contributed by atoms with Crippen molar-refractivity contribution in [3.63, 3.8) is 0 Å². The third-order valence-corrected chi connectivity index (χ3v) is 5.15. The molecule has 2 aromatic rings. The molecule has 27 heavy (non-hydrogen) atoms. The minimum Gasteiger partial charge on any atom is -0.351 e. The second-order valence-corrected chi connectivity index (χ2v) is 7.20. The number of aromatic amines is 1. The van der Waals surface area contributed by atoms with Crippen molar-refractivity contribution in [2.75, 3.05) is 11.9 Å². The van der Waals surface area contributed by atoms with Gasteiger partial charge in [-0.1, -0.05) is 50.4 Å². The lowest BCUT2D eigenvalue weighted by Crippen LogP contribution is -2.26. The Bertz CT molecular complexity index is 755. The molecule has 0 radical (unpaired) electrons. The molecule has 0 fully saturated rings. The molecule has 0 saturated heterocycles. The number of nitrogens with one attached hydrogen (secondary N) is 3. The van der Waals surface area contributed by atoms with E-state index in [2.05, 4.69) is 37.3 Å². The molecule has 0 aliphatic carbocycles. The van der Waals surface area contributed by atoms with Crippen LogP contribution in [0.15, 0.2) is 0 Å². The van der Waals surface area contributed by atoms with Crippen LogP contribution in [0, 0.1) is 6.92 Å². The molecule has 9 heteroatoms. The fourth-order valence-electron chi connectivity index (χ4n) is 2.73. The van der Waals surface area contributed by atoms with Gasteiger partial charge in [0.1, 0.15) is 4.88 Å². The number of H-pyrrole nitrogens is 1. The number of hydrogen-bond acceptors (Lipinski definition) is 6. The van der Waals surface area contributed by atoms with E-state index in [1.807, 2.05) is 6.92 Å². The monoisotopic (exact) mass is 392 g/mol. The average molecular weight is 393 g/mol. The fraction of sp³-hybridized carbons (Fsp3) is 0.611. The molecular weight excluding hydrogens is 364 g/mol. The molecule has 2 aromatic heterocycles. The number of aromatic nitrogens is 4. The summed E-state index contributed by atoms with van der Waals surface area (Å²) in [5.74, 6) is -0.613. The zero-order valence-corrected chi connectivity index (χ0v) is 17.0. The van der Waals surface area contributed by atoms with E-state index < -0.39 is 0 Å². The number of hydrogen-bond donors (Lipinski definition) is 3. The van der Waals surface area contributed by atoms with Crippen LogP contribution in [0.5, 0.6) is 0 Å². The van der Waals surface area contributed by atoms with E-state index >= 15 is 0 Å². The summed E-state index contributed by atoms with van der Waals surface area (Å²) >= 11 is 1.03. The van der Waals surface area contributed by atoms with Gasteiger partial charge in [0.05, 0.1) is 17.1 Å². The molecule has 0 spiro atoms. The predicted molar refractivity (Wildman–Crippen MR) is 106 cm³/mol. The summed E-state index contributed by atoms with van der Waals surface area (Å²) in [5, 5.41) is 16.5. The third kappa shape index (κ3) is 5.85. The van der Waals surface area contributed by atoms with Crippen LogP contribution in [-0.4, -0.2) is 38.1 Å². The molecule has 3 N–H and O–H groups in total. The minimum absolute atomic E-state index is 0.210. The second-order valence-electron chi connectivity index (χ2n) is 6.44. The Morgan fingerprint density at radius 3 is 2.48 bits per heavy atom. The Kier molecular flexibility index (Phi) is 8.38. The summed E-state index contributed by atoms with van der Waals surface area (Å²) in [6, 6.07) is 0. The fourth-order valence-corrected chi connectivity index (χ4v) is 3.29. The average Bonchev–Trinajstić information content (AvgIpc) is 3.26. The van der Waals surface area contributed by atoms with Crippen LogP contribution in [0.3, 0.4) is 0 Å². The van der Waals surface area contributed by atoms with E-state index in [9.17, 15) is 9.59 Å². The predicted octanol–water partition coefficient (Wildman–Crippen LogP) is 3.47. The van der Waals surface area contributed by atoms with E-state index in [0.29, 0.717) is 34.9 Å². The van der Waals surface area contributed by atoms with Gasteiger partial charge in [0.15, 0.2) is 5.69 Å². The summed E-state index contributed by atoms with van der Waals surface area (Å²) < 4.78 is 3.78. The topological polar surface area (TPSA) is 113 Å². The van der Waals surface area contributed by atoms with Gasteiger partial charge in [-0.25, -0.2) is 0 Å². The smallest absolute Gasteiger partial charge is 0.273 e. The van der Waals surface area contributed by atoms with Gasteiger partial charge in [0.2, 0.25) is 0 Å². The van der Waals surface area contributed by atoms with Gasteiger partial charge in [0.25, 0.3) is 11.8 Å². The summed E-state index contributed by atoms with van der Waals surface area (Å²) in [6.07, 6.45) is 7.57. The van der Waals surface area contributed by atoms with Crippen molar-refractivity contribution in [3.8, 4) is 0 Å². The quantitative estimate of drug-likeness (QED) is 0.507. The van der Waals surface area contributed by atoms with Gasteiger partial charge < -0.3 is 10.6 Å². The SMILES string of the molecule is CCCCCCCCNC(=O)c1n[nH]c(CC)c1NC(=O)c1snnc1C. The highest BCUT2D eigenvalue weighted by atomic mass is 32.1. The van der Waals surface area contributed by atoms with Crippen LogP contribution in [0.2, 0.25) is 0 Å². The van der Waals surface area contributed by atoms with E-state index in [4.69, 9.17) is 0 Å². The number of amides is 2. The van der Waals surface area contributed by atoms with Crippen molar-refractivity contribution >= 4 is 29.0 Å². The molecule has 0 bridgehead atoms. The number of aryl methyl sites for hydroxylation is 2. The molecule has 0 unspecified atom stereocenters. The van der Waals surface area contributed by atoms with E-state index in [-0.39, 0.29) is 17.5 Å². The zero-order valence-electron chi connectivity index (χ0n) is 16.2. The van der Waals surface area contributed by atoms with Crippen LogP contribution in [0.25, 0.3) is 0 Å². The van der Waals surface area contributed by atoms with E-state index in [0.717, 1.165) is 24.4 Å². The molecule has 0 aliphatic rings. The first-order valence-corrected chi connectivity index (χ1v) is 10.3. The van der Waals surface area contributed by atoms with Gasteiger partial charge in [-0.15, -0.1) is 5.10 Å². The van der Waals surface area contributed by atoms with E-state index in [1.165, 1.54) is 25.7 Å². The lowest BCUT2D eigenvalue weighted by atomic mass is 10.1. The van der Waals surface area contributed by atoms with E-state index in [1.54, 1.807) is 6.92 Å². The normalized spacial score (nSPS) is 10.8. The Morgan fingerprint density at radius 1 is 1.07 bits per heavy atom. The zero-order chi connectivity index (χ0) is 19.6. The molecule has 148 valence electrons. The lowest BCUT2D eigenvalue weighted by molar-refractivity contribution is 0.0949. The number of carbonyl (C=O) groups is 2.